The molecule has 0 bridgehead atoms. The summed E-state index contributed by atoms with van der Waals surface area (Å²) < 4.78 is 0. The van der Waals surface area contributed by atoms with Crippen molar-refractivity contribution < 1.29 is 0 Å². The molecule has 0 heterocycles. The van der Waals surface area contributed by atoms with Crippen molar-refractivity contribution in [1.82, 2.24) is 0 Å². The minimum atomic E-state index is 0.264. The van der Waals surface area contributed by atoms with Crippen molar-refractivity contribution in [3.63, 3.8) is 0 Å². The molecule has 0 spiro atoms. The lowest BCUT2D eigenvalue weighted by molar-refractivity contribution is 0.0693. The molecule has 2 rings (SSSR count). The van der Waals surface area contributed by atoms with Crippen molar-refractivity contribution in [1.29, 1.82) is 0 Å². The molecule has 0 saturated heterocycles. The SMILES string of the molecule is CC1CC(N)(C2CCCCC2)C1. The van der Waals surface area contributed by atoms with Crippen molar-refractivity contribution >= 4 is 0 Å². The average molecular weight is 167 g/mol. The maximum atomic E-state index is 6.37. The highest BCUT2D eigenvalue weighted by atomic mass is 14.8. The molecule has 0 atom stereocenters. The van der Waals surface area contributed by atoms with Crippen LogP contribution < -0.4 is 5.73 Å². The van der Waals surface area contributed by atoms with Crippen molar-refractivity contribution in [2.75, 3.05) is 0 Å². The van der Waals surface area contributed by atoms with Crippen LogP contribution in [0.4, 0.5) is 0 Å². The predicted molar refractivity (Wildman–Crippen MR) is 51.9 cm³/mol. The molecular weight excluding hydrogens is 146 g/mol. The summed E-state index contributed by atoms with van der Waals surface area (Å²) in [6.07, 6.45) is 9.69. The van der Waals surface area contributed by atoms with Gasteiger partial charge in [-0.25, -0.2) is 0 Å². The van der Waals surface area contributed by atoms with Crippen LogP contribution in [0.5, 0.6) is 0 Å². The van der Waals surface area contributed by atoms with Gasteiger partial charge in [0.1, 0.15) is 0 Å². The Kier molecular flexibility index (Phi) is 2.16. The van der Waals surface area contributed by atoms with Gasteiger partial charge in [0.25, 0.3) is 0 Å². The van der Waals surface area contributed by atoms with E-state index in [0.717, 1.165) is 11.8 Å². The Morgan fingerprint density at radius 1 is 1.08 bits per heavy atom. The molecular formula is C11H21N. The molecule has 2 fully saturated rings. The highest BCUT2D eigenvalue weighted by molar-refractivity contribution is 5.01. The van der Waals surface area contributed by atoms with E-state index in [2.05, 4.69) is 6.92 Å². The summed E-state index contributed by atoms with van der Waals surface area (Å²) in [5.41, 5.74) is 6.63. The highest BCUT2D eigenvalue weighted by Crippen LogP contribution is 2.45. The van der Waals surface area contributed by atoms with E-state index in [4.69, 9.17) is 5.73 Å². The summed E-state index contributed by atoms with van der Waals surface area (Å²) >= 11 is 0. The highest BCUT2D eigenvalue weighted by Gasteiger charge is 2.44. The van der Waals surface area contributed by atoms with Gasteiger partial charge in [-0.05, 0) is 37.5 Å². The van der Waals surface area contributed by atoms with Crippen LogP contribution in [0, 0.1) is 11.8 Å². The first-order chi connectivity index (χ1) is 5.71. The largest absolute Gasteiger partial charge is 0.325 e. The van der Waals surface area contributed by atoms with Gasteiger partial charge in [-0.1, -0.05) is 26.2 Å². The zero-order chi connectivity index (χ0) is 8.60. The molecule has 0 radical (unpaired) electrons. The maximum absolute atomic E-state index is 6.37. The lowest BCUT2D eigenvalue weighted by atomic mass is 9.60. The fourth-order valence-electron chi connectivity index (χ4n) is 3.25. The van der Waals surface area contributed by atoms with Crippen molar-refractivity contribution in [2.45, 2.75) is 57.4 Å². The molecule has 1 nitrogen and oxygen atoms in total. The van der Waals surface area contributed by atoms with Gasteiger partial charge in [0.05, 0.1) is 0 Å². The zero-order valence-electron chi connectivity index (χ0n) is 8.18. The number of nitrogens with two attached hydrogens (primary N) is 1. The molecule has 2 aliphatic carbocycles. The van der Waals surface area contributed by atoms with E-state index >= 15 is 0 Å². The van der Waals surface area contributed by atoms with E-state index in [-0.39, 0.29) is 5.54 Å². The van der Waals surface area contributed by atoms with E-state index in [1.165, 1.54) is 44.9 Å². The van der Waals surface area contributed by atoms with Crippen LogP contribution >= 0.6 is 0 Å². The van der Waals surface area contributed by atoms with E-state index in [1.807, 2.05) is 0 Å². The van der Waals surface area contributed by atoms with Crippen molar-refractivity contribution in [2.24, 2.45) is 17.6 Å². The van der Waals surface area contributed by atoms with E-state index in [1.54, 1.807) is 0 Å². The summed E-state index contributed by atoms with van der Waals surface area (Å²) in [6, 6.07) is 0. The second-order valence-electron chi connectivity index (χ2n) is 5.08. The molecule has 0 amide bonds. The smallest absolute Gasteiger partial charge is 0.0188 e. The Morgan fingerprint density at radius 2 is 1.67 bits per heavy atom. The minimum Gasteiger partial charge on any atom is -0.325 e. The van der Waals surface area contributed by atoms with Crippen molar-refractivity contribution in [3.8, 4) is 0 Å². The van der Waals surface area contributed by atoms with Gasteiger partial charge in [0.2, 0.25) is 0 Å². The predicted octanol–water partition coefficient (Wildman–Crippen LogP) is 2.69. The summed E-state index contributed by atoms with van der Waals surface area (Å²) in [7, 11) is 0. The average Bonchev–Trinajstić information content (AvgIpc) is 2.04. The molecule has 0 aromatic heterocycles. The number of rotatable bonds is 1. The van der Waals surface area contributed by atoms with Crippen LogP contribution in [0.1, 0.15) is 51.9 Å². The number of hydrogen-bond acceptors (Lipinski definition) is 1. The normalized spacial score (nSPS) is 44.0. The van der Waals surface area contributed by atoms with E-state index < -0.39 is 0 Å². The van der Waals surface area contributed by atoms with Gasteiger partial charge in [0, 0.05) is 5.54 Å². The Labute approximate surface area is 75.7 Å². The van der Waals surface area contributed by atoms with Crippen LogP contribution in [0.2, 0.25) is 0 Å². The third-order valence-electron chi connectivity index (χ3n) is 3.88. The van der Waals surface area contributed by atoms with Gasteiger partial charge < -0.3 is 5.73 Å². The third kappa shape index (κ3) is 1.39. The molecule has 0 aromatic rings. The Balaban J connectivity index is 1.90. The van der Waals surface area contributed by atoms with Gasteiger partial charge >= 0.3 is 0 Å². The van der Waals surface area contributed by atoms with Crippen LogP contribution in [0.15, 0.2) is 0 Å². The van der Waals surface area contributed by atoms with Crippen LogP contribution in [0.25, 0.3) is 0 Å². The quantitative estimate of drug-likeness (QED) is 0.638. The summed E-state index contributed by atoms with van der Waals surface area (Å²) in [6.45, 7) is 2.33. The standard InChI is InChI=1S/C11H21N/c1-9-7-11(12,8-9)10-5-3-2-4-6-10/h9-10H,2-8,12H2,1H3. The molecule has 0 aliphatic heterocycles. The Morgan fingerprint density at radius 3 is 2.17 bits per heavy atom. The lowest BCUT2D eigenvalue weighted by Crippen LogP contribution is -2.56. The van der Waals surface area contributed by atoms with Crippen LogP contribution in [-0.2, 0) is 0 Å². The van der Waals surface area contributed by atoms with Gasteiger partial charge in [-0.15, -0.1) is 0 Å². The summed E-state index contributed by atoms with van der Waals surface area (Å²) in [5.74, 6) is 1.76. The van der Waals surface area contributed by atoms with Gasteiger partial charge in [-0.3, -0.25) is 0 Å². The second-order valence-corrected chi connectivity index (χ2v) is 5.08. The summed E-state index contributed by atoms with van der Waals surface area (Å²) in [4.78, 5) is 0. The number of hydrogen-bond donors (Lipinski definition) is 1. The Hall–Kier alpha value is -0.0400. The first-order valence-corrected chi connectivity index (χ1v) is 5.49. The van der Waals surface area contributed by atoms with Crippen LogP contribution in [0.3, 0.4) is 0 Å². The van der Waals surface area contributed by atoms with Gasteiger partial charge in [0.15, 0.2) is 0 Å². The van der Waals surface area contributed by atoms with Gasteiger partial charge in [-0.2, -0.15) is 0 Å². The lowest BCUT2D eigenvalue weighted by Gasteiger charge is -2.50. The second kappa shape index (κ2) is 3.02. The first kappa shape index (κ1) is 8.55. The zero-order valence-corrected chi connectivity index (χ0v) is 8.18. The molecule has 0 unspecified atom stereocenters. The van der Waals surface area contributed by atoms with E-state index in [0.29, 0.717) is 0 Å². The molecule has 2 N–H and O–H groups in total. The molecule has 2 aliphatic rings. The minimum absolute atomic E-state index is 0.264. The molecule has 2 saturated carbocycles. The summed E-state index contributed by atoms with van der Waals surface area (Å²) in [5, 5.41) is 0. The maximum Gasteiger partial charge on any atom is 0.0188 e. The molecule has 1 heteroatoms. The first-order valence-electron chi connectivity index (χ1n) is 5.49. The Bertz CT molecular complexity index is 152. The fraction of sp³-hybridized carbons (Fsp3) is 1.00. The molecule has 12 heavy (non-hydrogen) atoms. The third-order valence-corrected chi connectivity index (χ3v) is 3.88. The fourth-order valence-corrected chi connectivity index (χ4v) is 3.25. The topological polar surface area (TPSA) is 26.0 Å². The van der Waals surface area contributed by atoms with E-state index in [9.17, 15) is 0 Å². The molecule has 70 valence electrons. The van der Waals surface area contributed by atoms with Crippen molar-refractivity contribution in [3.05, 3.63) is 0 Å². The molecule has 0 aromatic carbocycles. The monoisotopic (exact) mass is 167 g/mol. The van der Waals surface area contributed by atoms with Crippen LogP contribution in [-0.4, -0.2) is 5.54 Å².